The summed E-state index contributed by atoms with van der Waals surface area (Å²) < 4.78 is 10.7. The third-order valence-corrected chi connectivity index (χ3v) is 4.93. The Morgan fingerprint density at radius 2 is 1.90 bits per heavy atom. The molecule has 0 spiro atoms. The van der Waals surface area contributed by atoms with E-state index in [-0.39, 0.29) is 30.9 Å². The Hall–Kier alpha value is -3.29. The predicted molar refractivity (Wildman–Crippen MR) is 109 cm³/mol. The van der Waals surface area contributed by atoms with Crippen LogP contribution in [-0.4, -0.2) is 35.8 Å². The van der Waals surface area contributed by atoms with Crippen molar-refractivity contribution in [2.45, 2.75) is 39.2 Å². The van der Waals surface area contributed by atoms with Crippen LogP contribution in [0.25, 0.3) is 0 Å². The van der Waals surface area contributed by atoms with Crippen molar-refractivity contribution in [2.24, 2.45) is 5.92 Å². The zero-order valence-electron chi connectivity index (χ0n) is 17.4. The quantitative estimate of drug-likeness (QED) is 0.707. The van der Waals surface area contributed by atoms with E-state index in [9.17, 15) is 14.4 Å². The second kappa shape index (κ2) is 9.02. The van der Waals surface area contributed by atoms with Gasteiger partial charge in [-0.3, -0.25) is 25.2 Å². The van der Waals surface area contributed by atoms with Gasteiger partial charge in [0.1, 0.15) is 11.5 Å². The zero-order valence-corrected chi connectivity index (χ0v) is 17.4. The van der Waals surface area contributed by atoms with E-state index in [1.54, 1.807) is 17.0 Å². The summed E-state index contributed by atoms with van der Waals surface area (Å²) in [6, 6.07) is 11.1. The maximum absolute atomic E-state index is 12.3. The van der Waals surface area contributed by atoms with E-state index in [2.05, 4.69) is 31.6 Å². The number of carbonyl (C=O) groups is 3. The number of amides is 3. The normalized spacial score (nSPS) is 16.4. The first-order valence-corrected chi connectivity index (χ1v) is 9.84. The van der Waals surface area contributed by atoms with Crippen LogP contribution >= 0.6 is 0 Å². The van der Waals surface area contributed by atoms with E-state index in [1.807, 2.05) is 24.3 Å². The average Bonchev–Trinajstić information content (AvgIpc) is 3.34. The van der Waals surface area contributed by atoms with Crippen molar-refractivity contribution in [3.8, 4) is 5.75 Å². The van der Waals surface area contributed by atoms with Crippen LogP contribution in [0.4, 0.5) is 0 Å². The lowest BCUT2D eigenvalue weighted by molar-refractivity contribution is -0.132. The number of ether oxygens (including phenoxy) is 1. The maximum atomic E-state index is 12.3. The maximum Gasteiger partial charge on any atom is 0.276 e. The van der Waals surface area contributed by atoms with Crippen LogP contribution in [-0.2, 0) is 26.3 Å². The molecule has 8 heteroatoms. The topological polar surface area (TPSA) is 101 Å². The zero-order chi connectivity index (χ0) is 21.7. The molecule has 2 heterocycles. The van der Waals surface area contributed by atoms with E-state index in [0.717, 1.165) is 0 Å². The highest BCUT2D eigenvalue weighted by Crippen LogP contribution is 2.24. The Morgan fingerprint density at radius 3 is 2.53 bits per heavy atom. The van der Waals surface area contributed by atoms with Gasteiger partial charge in [-0.05, 0) is 35.2 Å². The van der Waals surface area contributed by atoms with E-state index in [4.69, 9.17) is 9.15 Å². The molecule has 1 aromatic heterocycles. The van der Waals surface area contributed by atoms with Crippen LogP contribution < -0.4 is 15.6 Å². The van der Waals surface area contributed by atoms with Gasteiger partial charge in [0.05, 0.1) is 18.7 Å². The molecule has 1 fully saturated rings. The van der Waals surface area contributed by atoms with Crippen LogP contribution in [0.2, 0.25) is 0 Å². The van der Waals surface area contributed by atoms with Crippen molar-refractivity contribution >= 4 is 17.7 Å². The molecule has 1 aromatic carbocycles. The van der Waals surface area contributed by atoms with Crippen molar-refractivity contribution in [3.05, 3.63) is 54.0 Å². The third-order valence-electron chi connectivity index (χ3n) is 4.93. The molecule has 30 heavy (non-hydrogen) atoms. The molecule has 1 aliphatic heterocycles. The minimum absolute atomic E-state index is 0.0370. The first kappa shape index (κ1) is 21.4. The number of nitrogens with one attached hydrogen (secondary N) is 2. The summed E-state index contributed by atoms with van der Waals surface area (Å²) in [5.41, 5.74) is 5.90. The summed E-state index contributed by atoms with van der Waals surface area (Å²) in [5, 5.41) is 0. The van der Waals surface area contributed by atoms with Crippen molar-refractivity contribution in [1.29, 1.82) is 0 Å². The largest absolute Gasteiger partial charge is 0.484 e. The molecule has 0 aliphatic carbocycles. The van der Waals surface area contributed by atoms with Gasteiger partial charge in [-0.25, -0.2) is 0 Å². The van der Waals surface area contributed by atoms with Gasteiger partial charge >= 0.3 is 0 Å². The highest BCUT2D eigenvalue weighted by Gasteiger charge is 2.34. The Morgan fingerprint density at radius 1 is 1.17 bits per heavy atom. The summed E-state index contributed by atoms with van der Waals surface area (Å²) >= 11 is 0. The smallest absolute Gasteiger partial charge is 0.276 e. The molecule has 1 atom stereocenters. The van der Waals surface area contributed by atoms with Crippen molar-refractivity contribution in [2.75, 3.05) is 13.2 Å². The molecular formula is C22H27N3O5. The SMILES string of the molecule is CC(C)(C)c1ccc(OCC(=O)NNC(=O)C2CC(=O)N(Cc3ccco3)C2)cc1. The molecule has 1 aliphatic rings. The van der Waals surface area contributed by atoms with Gasteiger partial charge in [-0.1, -0.05) is 32.9 Å². The van der Waals surface area contributed by atoms with E-state index in [1.165, 1.54) is 11.8 Å². The number of hydrazine groups is 1. The number of hydrogen-bond acceptors (Lipinski definition) is 5. The number of furan rings is 1. The number of rotatable bonds is 6. The molecule has 3 amide bonds. The molecule has 3 rings (SSSR count). The van der Waals surface area contributed by atoms with Crippen molar-refractivity contribution in [1.82, 2.24) is 15.8 Å². The van der Waals surface area contributed by atoms with E-state index in [0.29, 0.717) is 18.1 Å². The minimum Gasteiger partial charge on any atom is -0.484 e. The Balaban J connectivity index is 1.40. The first-order chi connectivity index (χ1) is 14.2. The molecule has 0 bridgehead atoms. The van der Waals surface area contributed by atoms with Crippen LogP contribution in [0, 0.1) is 5.92 Å². The minimum atomic E-state index is -0.529. The number of benzene rings is 1. The van der Waals surface area contributed by atoms with Gasteiger partial charge in [-0.15, -0.1) is 0 Å². The van der Waals surface area contributed by atoms with Crippen LogP contribution in [0.5, 0.6) is 5.75 Å². The lowest BCUT2D eigenvalue weighted by Crippen LogP contribution is -2.46. The fourth-order valence-corrected chi connectivity index (χ4v) is 3.16. The number of nitrogens with zero attached hydrogens (tertiary/aromatic N) is 1. The Labute approximate surface area is 175 Å². The molecule has 8 nitrogen and oxygen atoms in total. The molecule has 1 unspecified atom stereocenters. The van der Waals surface area contributed by atoms with Crippen LogP contribution in [0.3, 0.4) is 0 Å². The van der Waals surface area contributed by atoms with Gasteiger partial charge in [0.15, 0.2) is 6.61 Å². The molecule has 0 radical (unpaired) electrons. The lowest BCUT2D eigenvalue weighted by atomic mass is 9.87. The summed E-state index contributed by atoms with van der Waals surface area (Å²) in [4.78, 5) is 37.9. The van der Waals surface area contributed by atoms with Crippen molar-refractivity contribution < 1.29 is 23.5 Å². The summed E-state index contributed by atoms with van der Waals surface area (Å²) in [5.74, 6) is -0.323. The summed E-state index contributed by atoms with van der Waals surface area (Å²) in [6.07, 6.45) is 1.63. The highest BCUT2D eigenvalue weighted by molar-refractivity contribution is 5.90. The average molecular weight is 413 g/mol. The standard InChI is InChI=1S/C22H27N3O5/c1-22(2,3)16-6-8-17(9-7-16)30-14-19(26)23-24-21(28)15-11-20(27)25(12-15)13-18-5-4-10-29-18/h4-10,15H,11-14H2,1-3H3,(H,23,26)(H,24,28). The number of likely N-dealkylation sites (tertiary alicyclic amines) is 1. The summed E-state index contributed by atoms with van der Waals surface area (Å²) in [7, 11) is 0. The monoisotopic (exact) mass is 413 g/mol. The number of hydrogen-bond donors (Lipinski definition) is 2. The van der Waals surface area contributed by atoms with E-state index >= 15 is 0 Å². The molecule has 160 valence electrons. The number of carbonyl (C=O) groups excluding carboxylic acids is 3. The van der Waals surface area contributed by atoms with E-state index < -0.39 is 17.7 Å². The fraction of sp³-hybridized carbons (Fsp3) is 0.409. The molecule has 0 saturated carbocycles. The lowest BCUT2D eigenvalue weighted by Gasteiger charge is -2.19. The van der Waals surface area contributed by atoms with Crippen LogP contribution in [0.1, 0.15) is 38.5 Å². The third kappa shape index (κ3) is 5.62. The Bertz CT molecular complexity index is 884. The fourth-order valence-electron chi connectivity index (χ4n) is 3.16. The van der Waals surface area contributed by atoms with Gasteiger partial charge in [0.2, 0.25) is 11.8 Å². The van der Waals surface area contributed by atoms with Gasteiger partial charge in [0, 0.05) is 13.0 Å². The van der Waals surface area contributed by atoms with Gasteiger partial charge in [-0.2, -0.15) is 0 Å². The second-order valence-corrected chi connectivity index (χ2v) is 8.36. The molecule has 2 N–H and O–H groups in total. The van der Waals surface area contributed by atoms with Gasteiger partial charge < -0.3 is 14.1 Å². The van der Waals surface area contributed by atoms with Crippen molar-refractivity contribution in [3.63, 3.8) is 0 Å². The molecular weight excluding hydrogens is 386 g/mol. The molecule has 1 saturated heterocycles. The summed E-state index contributed by atoms with van der Waals surface area (Å²) in [6.45, 7) is 6.72. The molecule has 2 aromatic rings. The first-order valence-electron chi connectivity index (χ1n) is 9.84. The second-order valence-electron chi connectivity index (χ2n) is 8.36. The van der Waals surface area contributed by atoms with Crippen LogP contribution in [0.15, 0.2) is 47.1 Å². The predicted octanol–water partition coefficient (Wildman–Crippen LogP) is 2.15. The van der Waals surface area contributed by atoms with Gasteiger partial charge in [0.25, 0.3) is 5.91 Å². The Kier molecular flexibility index (Phi) is 6.44. The highest BCUT2D eigenvalue weighted by atomic mass is 16.5.